The lowest BCUT2D eigenvalue weighted by Gasteiger charge is -2.26. The number of carboxylic acid groups (broad SMARTS) is 1. The minimum atomic E-state index is -0.846. The van der Waals surface area contributed by atoms with Crippen LogP contribution in [0.4, 0.5) is 0 Å². The fourth-order valence-corrected chi connectivity index (χ4v) is 5.04. The molecule has 0 fully saturated rings. The number of hydrogen-bond acceptors (Lipinski definition) is 6. The van der Waals surface area contributed by atoms with Crippen LogP contribution in [0.5, 0.6) is 0 Å². The fraction of sp³-hybridized carbons (Fsp3) is 0.267. The molecule has 0 aliphatic carbocycles. The number of nitrogens with zero attached hydrogens (tertiary/aromatic N) is 3. The molecule has 0 saturated carbocycles. The Bertz CT molecular complexity index is 1580. The second-order valence-corrected chi connectivity index (χ2v) is 10.0. The molecule has 5 rings (SSSR count). The van der Waals surface area contributed by atoms with Crippen molar-refractivity contribution in [2.24, 2.45) is 5.16 Å². The first kappa shape index (κ1) is 26.6. The van der Waals surface area contributed by atoms with Crippen molar-refractivity contribution in [3.63, 3.8) is 0 Å². The molecule has 1 atom stereocenters. The number of oxime groups is 1. The Morgan fingerprint density at radius 3 is 2.59 bits per heavy atom. The van der Waals surface area contributed by atoms with Gasteiger partial charge in [0.05, 0.1) is 28.9 Å². The zero-order valence-corrected chi connectivity index (χ0v) is 22.2. The highest BCUT2D eigenvalue weighted by Gasteiger charge is 2.41. The van der Waals surface area contributed by atoms with Crippen molar-refractivity contribution in [1.29, 1.82) is 0 Å². The first-order chi connectivity index (χ1) is 18.9. The maximum Gasteiger partial charge on any atom is 0.303 e. The van der Waals surface area contributed by atoms with Crippen LogP contribution in [-0.4, -0.2) is 40.1 Å². The number of benzene rings is 3. The number of aromatic nitrogens is 2. The van der Waals surface area contributed by atoms with E-state index < -0.39 is 11.6 Å². The largest absolute Gasteiger partial charge is 0.481 e. The van der Waals surface area contributed by atoms with Gasteiger partial charge in [0.15, 0.2) is 5.60 Å². The highest BCUT2D eigenvalue weighted by Crippen LogP contribution is 2.37. The van der Waals surface area contributed by atoms with Gasteiger partial charge in [-0.15, -0.1) is 0 Å². The number of halogens is 1. The first-order valence-corrected chi connectivity index (χ1v) is 13.1. The average Bonchev–Trinajstić information content (AvgIpc) is 3.38. The SMILES string of the molecule is COC[C@@]1(c2ccccc2)CC(c2ccc3c(=O)n(-c4ccc(Cl)cc4)c(CCCCC(=O)O)nc3c2)=NO1. The Morgan fingerprint density at radius 2 is 1.87 bits per heavy atom. The van der Waals surface area contributed by atoms with Gasteiger partial charge in [-0.25, -0.2) is 4.98 Å². The van der Waals surface area contributed by atoms with Crippen molar-refractivity contribution in [2.45, 2.75) is 37.7 Å². The van der Waals surface area contributed by atoms with Crippen molar-refractivity contribution >= 4 is 34.2 Å². The lowest BCUT2D eigenvalue weighted by molar-refractivity contribution is -0.137. The van der Waals surface area contributed by atoms with Crippen LogP contribution in [0.15, 0.2) is 82.7 Å². The zero-order valence-electron chi connectivity index (χ0n) is 21.5. The second-order valence-electron chi connectivity index (χ2n) is 9.58. The molecule has 1 aliphatic heterocycles. The third-order valence-electron chi connectivity index (χ3n) is 6.86. The number of hydrogen-bond donors (Lipinski definition) is 1. The van der Waals surface area contributed by atoms with Crippen molar-refractivity contribution in [1.82, 2.24) is 9.55 Å². The van der Waals surface area contributed by atoms with Crippen LogP contribution in [0, 0.1) is 0 Å². The van der Waals surface area contributed by atoms with Gasteiger partial charge in [0.2, 0.25) is 0 Å². The smallest absolute Gasteiger partial charge is 0.303 e. The van der Waals surface area contributed by atoms with E-state index in [0.717, 1.165) is 16.8 Å². The van der Waals surface area contributed by atoms with Crippen LogP contribution in [0.25, 0.3) is 16.6 Å². The molecule has 0 amide bonds. The number of carbonyl (C=O) groups is 1. The number of fused-ring (bicyclic) bond motifs is 1. The van der Waals surface area contributed by atoms with E-state index in [0.29, 0.717) is 59.7 Å². The number of aryl methyl sites for hydroxylation is 1. The molecule has 0 unspecified atom stereocenters. The minimum absolute atomic E-state index is 0.0629. The second kappa shape index (κ2) is 11.4. The fourth-order valence-electron chi connectivity index (χ4n) is 4.92. The molecule has 0 saturated heterocycles. The van der Waals surface area contributed by atoms with E-state index in [1.165, 1.54) is 0 Å². The van der Waals surface area contributed by atoms with Gasteiger partial charge in [0.25, 0.3) is 5.56 Å². The van der Waals surface area contributed by atoms with E-state index in [4.69, 9.17) is 31.3 Å². The van der Waals surface area contributed by atoms with Gasteiger partial charge in [-0.05, 0) is 49.2 Å². The molecule has 200 valence electrons. The lowest BCUT2D eigenvalue weighted by Crippen LogP contribution is -2.31. The Balaban J connectivity index is 1.52. The molecule has 9 heteroatoms. The van der Waals surface area contributed by atoms with Crippen molar-refractivity contribution in [2.75, 3.05) is 13.7 Å². The molecule has 1 N–H and O–H groups in total. The van der Waals surface area contributed by atoms with E-state index in [2.05, 4.69) is 5.16 Å². The Morgan fingerprint density at radius 1 is 1.10 bits per heavy atom. The standard InChI is InChI=1S/C30H28ClN3O5/c1-38-19-30(21-7-3-2-4-8-21)18-26(33-39-30)20-11-16-24-25(17-20)32-27(9-5-6-10-28(35)36)34(29(24)37)23-14-12-22(31)13-15-23/h2-4,7-8,11-17H,5-6,9-10,18-19H2,1H3,(H,35,36)/t30-/m1/s1. The van der Waals surface area contributed by atoms with E-state index in [-0.39, 0.29) is 12.0 Å². The molecule has 4 aromatic rings. The molecule has 1 aliphatic rings. The molecule has 0 radical (unpaired) electrons. The highest BCUT2D eigenvalue weighted by atomic mass is 35.5. The summed E-state index contributed by atoms with van der Waals surface area (Å²) < 4.78 is 7.07. The van der Waals surface area contributed by atoms with E-state index in [9.17, 15) is 9.59 Å². The quantitative estimate of drug-likeness (QED) is 0.264. The van der Waals surface area contributed by atoms with E-state index in [1.54, 1.807) is 42.0 Å². The molecule has 0 bridgehead atoms. The van der Waals surface area contributed by atoms with Crippen LogP contribution < -0.4 is 5.56 Å². The number of carboxylic acids is 1. The summed E-state index contributed by atoms with van der Waals surface area (Å²) in [5, 5.41) is 14.5. The molecule has 8 nitrogen and oxygen atoms in total. The summed E-state index contributed by atoms with van der Waals surface area (Å²) in [6.07, 6.45) is 2.07. The Labute approximate surface area is 230 Å². The van der Waals surface area contributed by atoms with E-state index >= 15 is 0 Å². The van der Waals surface area contributed by atoms with Gasteiger partial charge >= 0.3 is 5.97 Å². The third kappa shape index (κ3) is 5.57. The topological polar surface area (TPSA) is 103 Å². The Kier molecular flexibility index (Phi) is 7.77. The van der Waals surface area contributed by atoms with Gasteiger partial charge in [0, 0.05) is 42.5 Å². The first-order valence-electron chi connectivity index (χ1n) is 12.7. The summed E-state index contributed by atoms with van der Waals surface area (Å²) in [5.41, 5.74) is 2.78. The number of methoxy groups -OCH3 is 1. The molecular formula is C30H28ClN3O5. The molecule has 39 heavy (non-hydrogen) atoms. The summed E-state index contributed by atoms with van der Waals surface area (Å²) in [4.78, 5) is 35.6. The molecule has 2 heterocycles. The van der Waals surface area contributed by atoms with Gasteiger partial charge in [-0.1, -0.05) is 53.2 Å². The van der Waals surface area contributed by atoms with Crippen LogP contribution in [0.3, 0.4) is 0 Å². The van der Waals surface area contributed by atoms with Crippen LogP contribution in [-0.2, 0) is 26.4 Å². The minimum Gasteiger partial charge on any atom is -0.481 e. The molecular weight excluding hydrogens is 518 g/mol. The van der Waals surface area contributed by atoms with Crippen LogP contribution in [0.2, 0.25) is 5.02 Å². The summed E-state index contributed by atoms with van der Waals surface area (Å²) in [6.45, 7) is 0.335. The molecule has 0 spiro atoms. The monoisotopic (exact) mass is 545 g/mol. The van der Waals surface area contributed by atoms with Crippen LogP contribution in [0.1, 0.15) is 42.6 Å². The maximum absolute atomic E-state index is 13.7. The summed E-state index contributed by atoms with van der Waals surface area (Å²) >= 11 is 6.08. The van der Waals surface area contributed by atoms with E-state index in [1.807, 2.05) is 42.5 Å². The summed E-state index contributed by atoms with van der Waals surface area (Å²) in [7, 11) is 1.63. The van der Waals surface area contributed by atoms with Crippen molar-refractivity contribution in [3.05, 3.63) is 105 Å². The molecule has 3 aromatic carbocycles. The predicted octanol–water partition coefficient (Wildman–Crippen LogP) is 5.50. The zero-order chi connectivity index (χ0) is 27.4. The third-order valence-corrected chi connectivity index (χ3v) is 7.11. The predicted molar refractivity (Wildman–Crippen MR) is 150 cm³/mol. The Hall–Kier alpha value is -4.01. The lowest BCUT2D eigenvalue weighted by atomic mass is 9.88. The van der Waals surface area contributed by atoms with Gasteiger partial charge in [0.1, 0.15) is 5.82 Å². The number of rotatable bonds is 10. The van der Waals surface area contributed by atoms with Gasteiger partial charge in [-0.3, -0.25) is 14.2 Å². The number of ether oxygens (including phenoxy) is 1. The number of aliphatic carboxylic acids is 1. The summed E-state index contributed by atoms with van der Waals surface area (Å²) in [5.74, 6) is -0.291. The highest BCUT2D eigenvalue weighted by molar-refractivity contribution is 6.30. The van der Waals surface area contributed by atoms with Gasteiger partial charge < -0.3 is 14.7 Å². The van der Waals surface area contributed by atoms with Gasteiger partial charge in [-0.2, -0.15) is 0 Å². The maximum atomic E-state index is 13.7. The normalized spacial score (nSPS) is 16.7. The van der Waals surface area contributed by atoms with Crippen molar-refractivity contribution < 1.29 is 19.5 Å². The summed E-state index contributed by atoms with van der Waals surface area (Å²) in [6, 6.07) is 22.3. The average molecular weight is 546 g/mol. The molecule has 1 aromatic heterocycles. The number of unbranched alkanes of at least 4 members (excludes halogenated alkanes) is 1. The van der Waals surface area contributed by atoms with Crippen LogP contribution >= 0.6 is 11.6 Å². The van der Waals surface area contributed by atoms with Crippen molar-refractivity contribution in [3.8, 4) is 5.69 Å².